The summed E-state index contributed by atoms with van der Waals surface area (Å²) in [6, 6.07) is 14.1. The van der Waals surface area contributed by atoms with E-state index in [0.29, 0.717) is 39.3 Å². The third kappa shape index (κ3) is 4.94. The maximum Gasteiger partial charge on any atom is 0.225 e. The van der Waals surface area contributed by atoms with Gasteiger partial charge < -0.3 is 18.9 Å². The molecule has 4 aromatic rings. The van der Waals surface area contributed by atoms with Crippen molar-refractivity contribution in [3.8, 4) is 11.5 Å². The van der Waals surface area contributed by atoms with E-state index in [1.807, 2.05) is 51.7 Å². The Balaban J connectivity index is 1.33. The third-order valence-electron chi connectivity index (χ3n) is 7.10. The van der Waals surface area contributed by atoms with Gasteiger partial charge in [0, 0.05) is 44.9 Å². The second-order valence-electron chi connectivity index (χ2n) is 9.55. The Morgan fingerprint density at radius 1 is 1.11 bits per heavy atom. The molecule has 1 amide bonds. The van der Waals surface area contributed by atoms with Gasteiger partial charge in [-0.25, -0.2) is 4.98 Å². The number of rotatable bonds is 3. The fraction of sp³-hybridized carbons (Fsp3) is 0.357. The Morgan fingerprint density at radius 3 is 2.92 bits per heavy atom. The van der Waals surface area contributed by atoms with E-state index in [-0.39, 0.29) is 11.9 Å². The number of hydrogen-bond donors (Lipinski definition) is 0. The molecule has 0 aliphatic carbocycles. The summed E-state index contributed by atoms with van der Waals surface area (Å²) >= 11 is 0. The van der Waals surface area contributed by atoms with Crippen LogP contribution in [0.25, 0.3) is 0 Å². The largest absolute Gasteiger partial charge is 0.494 e. The first-order valence-corrected chi connectivity index (χ1v) is 12.8. The number of imidazole rings is 1. The van der Waals surface area contributed by atoms with Crippen LogP contribution in [0, 0.1) is 6.92 Å². The van der Waals surface area contributed by atoms with Crippen LogP contribution in [-0.2, 0) is 30.9 Å². The average molecular weight is 499 g/mol. The smallest absolute Gasteiger partial charge is 0.225 e. The van der Waals surface area contributed by atoms with Crippen LogP contribution in [0.3, 0.4) is 0 Å². The van der Waals surface area contributed by atoms with Crippen LogP contribution in [0.4, 0.5) is 0 Å². The standard InChI is InChI=1S/C28H30N6O3/c1-20-29-10-14-32(20)12-9-27(35)34-13-8-21-16-25-6-7-26(21)28(34)22-4-2-5-24(17-22)36-15-3-11-33-18-23(19-37-25)30-31-33/h2,4-7,10,14,16-18,28H,3,8-9,11-13,15,19H2,1H3. The molecule has 3 aliphatic heterocycles. The lowest BCUT2D eigenvalue weighted by molar-refractivity contribution is -0.133. The van der Waals surface area contributed by atoms with E-state index < -0.39 is 0 Å². The highest BCUT2D eigenvalue weighted by atomic mass is 16.5. The van der Waals surface area contributed by atoms with Crippen LogP contribution in [0.15, 0.2) is 61.1 Å². The number of carbonyl (C=O) groups is 1. The summed E-state index contributed by atoms with van der Waals surface area (Å²) in [5, 5.41) is 8.43. The van der Waals surface area contributed by atoms with Crippen molar-refractivity contribution in [2.45, 2.75) is 51.9 Å². The minimum atomic E-state index is -0.188. The Hall–Kier alpha value is -4.14. The van der Waals surface area contributed by atoms with Crippen molar-refractivity contribution >= 4 is 5.91 Å². The molecule has 3 aliphatic rings. The van der Waals surface area contributed by atoms with E-state index in [4.69, 9.17) is 9.47 Å². The Morgan fingerprint density at radius 2 is 2.03 bits per heavy atom. The Labute approximate surface area is 215 Å². The molecule has 2 aromatic carbocycles. The summed E-state index contributed by atoms with van der Waals surface area (Å²) in [6.07, 6.45) is 7.60. The molecule has 190 valence electrons. The van der Waals surface area contributed by atoms with Gasteiger partial charge in [-0.2, -0.15) is 0 Å². The Kier molecular flexibility index (Phi) is 6.34. The summed E-state index contributed by atoms with van der Waals surface area (Å²) in [5.74, 6) is 2.64. The van der Waals surface area contributed by atoms with Gasteiger partial charge in [0.15, 0.2) is 0 Å². The monoisotopic (exact) mass is 498 g/mol. The lowest BCUT2D eigenvalue weighted by atomic mass is 9.87. The molecular weight excluding hydrogens is 468 g/mol. The zero-order chi connectivity index (χ0) is 25.2. The number of aryl methyl sites for hydroxylation is 3. The second kappa shape index (κ2) is 10.1. The number of carbonyl (C=O) groups excluding carboxylic acids is 1. The number of benzene rings is 2. The summed E-state index contributed by atoms with van der Waals surface area (Å²) < 4.78 is 16.0. The summed E-state index contributed by atoms with van der Waals surface area (Å²) in [6.45, 7) is 4.85. The van der Waals surface area contributed by atoms with E-state index >= 15 is 0 Å². The molecule has 0 saturated carbocycles. The number of nitrogens with zero attached hydrogens (tertiary/aromatic N) is 6. The molecule has 8 bridgehead atoms. The lowest BCUT2D eigenvalue weighted by Gasteiger charge is -2.38. The molecule has 37 heavy (non-hydrogen) atoms. The molecule has 0 radical (unpaired) electrons. The van der Waals surface area contributed by atoms with E-state index in [9.17, 15) is 4.79 Å². The van der Waals surface area contributed by atoms with Crippen molar-refractivity contribution in [2.75, 3.05) is 13.2 Å². The van der Waals surface area contributed by atoms with Crippen molar-refractivity contribution < 1.29 is 14.3 Å². The van der Waals surface area contributed by atoms with Crippen LogP contribution >= 0.6 is 0 Å². The highest BCUT2D eigenvalue weighted by molar-refractivity contribution is 5.78. The summed E-state index contributed by atoms with van der Waals surface area (Å²) in [5.41, 5.74) is 4.15. The first-order valence-electron chi connectivity index (χ1n) is 12.8. The fourth-order valence-corrected chi connectivity index (χ4v) is 5.18. The van der Waals surface area contributed by atoms with Gasteiger partial charge in [-0.3, -0.25) is 9.48 Å². The topological polar surface area (TPSA) is 87.3 Å². The van der Waals surface area contributed by atoms with Crippen LogP contribution in [-0.4, -0.2) is 48.5 Å². The van der Waals surface area contributed by atoms with E-state index in [2.05, 4.69) is 39.6 Å². The zero-order valence-corrected chi connectivity index (χ0v) is 20.9. The van der Waals surface area contributed by atoms with Crippen molar-refractivity contribution in [2.24, 2.45) is 0 Å². The molecular formula is C28H30N6O3. The normalized spacial score (nSPS) is 17.1. The molecule has 0 N–H and O–H groups in total. The molecule has 0 spiro atoms. The predicted octanol–water partition coefficient (Wildman–Crippen LogP) is 3.71. The predicted molar refractivity (Wildman–Crippen MR) is 136 cm³/mol. The molecule has 5 heterocycles. The third-order valence-corrected chi connectivity index (χ3v) is 7.10. The fourth-order valence-electron chi connectivity index (χ4n) is 5.18. The number of amides is 1. The first kappa shape index (κ1) is 23.3. The lowest BCUT2D eigenvalue weighted by Crippen LogP contribution is -2.41. The molecule has 0 saturated heterocycles. The van der Waals surface area contributed by atoms with Gasteiger partial charge in [-0.15, -0.1) is 5.10 Å². The maximum atomic E-state index is 13.6. The van der Waals surface area contributed by atoms with Gasteiger partial charge in [0.1, 0.15) is 29.6 Å². The molecule has 0 fully saturated rings. The minimum Gasteiger partial charge on any atom is -0.494 e. The van der Waals surface area contributed by atoms with Gasteiger partial charge in [0.2, 0.25) is 5.91 Å². The van der Waals surface area contributed by atoms with Gasteiger partial charge in [0.05, 0.1) is 18.8 Å². The first-order chi connectivity index (χ1) is 18.1. The van der Waals surface area contributed by atoms with Crippen molar-refractivity contribution in [1.82, 2.24) is 29.4 Å². The molecule has 9 heteroatoms. The van der Waals surface area contributed by atoms with Gasteiger partial charge >= 0.3 is 0 Å². The molecule has 1 unspecified atom stereocenters. The van der Waals surface area contributed by atoms with Gasteiger partial charge in [0.25, 0.3) is 0 Å². The molecule has 1 atom stereocenters. The van der Waals surface area contributed by atoms with Crippen LogP contribution < -0.4 is 9.47 Å². The molecule has 7 rings (SSSR count). The van der Waals surface area contributed by atoms with Crippen LogP contribution in [0.1, 0.15) is 47.1 Å². The van der Waals surface area contributed by atoms with E-state index in [1.165, 1.54) is 5.56 Å². The second-order valence-corrected chi connectivity index (χ2v) is 9.55. The average Bonchev–Trinajstić information content (AvgIpc) is 3.55. The Bertz CT molecular complexity index is 1410. The number of ether oxygens (including phenoxy) is 2. The zero-order valence-electron chi connectivity index (χ0n) is 20.9. The van der Waals surface area contributed by atoms with Gasteiger partial charge in [-0.1, -0.05) is 23.4 Å². The quantitative estimate of drug-likeness (QED) is 0.428. The maximum absolute atomic E-state index is 13.6. The summed E-state index contributed by atoms with van der Waals surface area (Å²) in [4.78, 5) is 19.9. The SMILES string of the molecule is Cc1nccn1CCC(=O)N1CCc2cc3ccc2C1c1cccc(c1)OCCCn1cc(nn1)CO3. The van der Waals surface area contributed by atoms with Crippen molar-refractivity contribution in [3.05, 3.63) is 89.3 Å². The highest BCUT2D eigenvalue weighted by Crippen LogP contribution is 2.38. The van der Waals surface area contributed by atoms with Crippen molar-refractivity contribution in [1.29, 1.82) is 0 Å². The van der Waals surface area contributed by atoms with Crippen molar-refractivity contribution in [3.63, 3.8) is 0 Å². The van der Waals surface area contributed by atoms with Gasteiger partial charge in [-0.05, 0) is 54.3 Å². The highest BCUT2D eigenvalue weighted by Gasteiger charge is 2.32. The number of hydrogen-bond acceptors (Lipinski definition) is 6. The molecule has 9 nitrogen and oxygen atoms in total. The number of fused-ring (bicyclic) bond motifs is 5. The van der Waals surface area contributed by atoms with E-state index in [0.717, 1.165) is 47.0 Å². The van der Waals surface area contributed by atoms with Crippen LogP contribution in [0.5, 0.6) is 11.5 Å². The summed E-state index contributed by atoms with van der Waals surface area (Å²) in [7, 11) is 0. The molecule has 2 aromatic heterocycles. The number of aromatic nitrogens is 5. The van der Waals surface area contributed by atoms with Crippen LogP contribution in [0.2, 0.25) is 0 Å². The van der Waals surface area contributed by atoms with E-state index in [1.54, 1.807) is 6.20 Å². The minimum absolute atomic E-state index is 0.128.